The van der Waals surface area contributed by atoms with Gasteiger partial charge in [-0.2, -0.15) is 30.9 Å². The number of alkyl halides is 3. The zero-order valence-electron chi connectivity index (χ0n) is 6.81. The Morgan fingerprint density at radius 3 is 2.42 bits per heavy atom. The van der Waals surface area contributed by atoms with Crippen molar-refractivity contribution in [1.29, 1.82) is 0 Å². The van der Waals surface area contributed by atoms with Crippen LogP contribution in [-0.2, 0) is 0 Å². The number of hydrogen-bond donors (Lipinski definition) is 2. The summed E-state index contributed by atoms with van der Waals surface area (Å²) in [5.74, 6) is 0. The predicted octanol–water partition coefficient (Wildman–Crippen LogP) is 1.83. The lowest BCUT2D eigenvalue weighted by Gasteiger charge is -2.07. The van der Waals surface area contributed by atoms with Crippen LogP contribution in [-0.4, -0.2) is 23.7 Å². The largest absolute Gasteiger partial charge is 0.430 e. The van der Waals surface area contributed by atoms with Crippen LogP contribution in [0.25, 0.3) is 0 Å². The summed E-state index contributed by atoms with van der Waals surface area (Å²) in [4.78, 5) is 0. The molecule has 0 saturated carbocycles. The van der Waals surface area contributed by atoms with E-state index in [9.17, 15) is 13.2 Å². The molecule has 0 aliphatic carbocycles. The molecule has 12 heavy (non-hydrogen) atoms. The van der Waals surface area contributed by atoms with Gasteiger partial charge in [0.1, 0.15) is 5.71 Å². The molecule has 0 aliphatic rings. The molecule has 0 aromatic heterocycles. The first-order chi connectivity index (χ1) is 5.34. The smallest absolute Gasteiger partial charge is 0.309 e. The Morgan fingerprint density at radius 2 is 2.08 bits per heavy atom. The zero-order valence-corrected chi connectivity index (χ0v) is 7.71. The molecule has 1 N–H and O–H groups in total. The molecule has 0 amide bonds. The monoisotopic (exact) mass is 200 g/mol. The zero-order chi connectivity index (χ0) is 9.78. The third kappa shape index (κ3) is 5.29. The summed E-state index contributed by atoms with van der Waals surface area (Å²) < 4.78 is 35.4. The first-order valence-corrected chi connectivity index (χ1v) is 3.88. The Labute approximate surface area is 74.6 Å². The van der Waals surface area contributed by atoms with Gasteiger partial charge in [-0.3, -0.25) is 0 Å². The van der Waals surface area contributed by atoms with Crippen molar-refractivity contribution >= 4 is 18.3 Å². The highest BCUT2D eigenvalue weighted by Gasteiger charge is 2.32. The lowest BCUT2D eigenvalue weighted by molar-refractivity contribution is -0.0596. The second-order valence-corrected chi connectivity index (χ2v) is 3.29. The van der Waals surface area contributed by atoms with E-state index in [1.165, 1.54) is 0 Å². The van der Waals surface area contributed by atoms with E-state index in [1.54, 1.807) is 6.92 Å². The van der Waals surface area contributed by atoms with Crippen molar-refractivity contribution in [2.75, 3.05) is 6.54 Å². The maximum Gasteiger partial charge on any atom is 0.430 e. The summed E-state index contributed by atoms with van der Waals surface area (Å²) in [6.07, 6.45) is -4.34. The van der Waals surface area contributed by atoms with Gasteiger partial charge in [-0.05, 0) is 6.92 Å². The molecule has 0 aliphatic heterocycles. The van der Waals surface area contributed by atoms with E-state index in [4.69, 9.17) is 0 Å². The summed E-state index contributed by atoms with van der Waals surface area (Å²) in [5.41, 5.74) is 1.40. The highest BCUT2D eigenvalue weighted by atomic mass is 32.1. The normalized spacial score (nSPS) is 16.0. The van der Waals surface area contributed by atoms with Gasteiger partial charge in [-0.25, -0.2) is 0 Å². The van der Waals surface area contributed by atoms with E-state index in [2.05, 4.69) is 23.2 Å². The van der Waals surface area contributed by atoms with Crippen molar-refractivity contribution in [2.24, 2.45) is 5.10 Å². The summed E-state index contributed by atoms with van der Waals surface area (Å²) in [5, 5.41) is 3.11. The van der Waals surface area contributed by atoms with E-state index >= 15 is 0 Å². The Balaban J connectivity index is 3.86. The fourth-order valence-electron chi connectivity index (χ4n) is 0.360. The van der Waals surface area contributed by atoms with E-state index in [1.807, 2.05) is 0 Å². The van der Waals surface area contributed by atoms with Gasteiger partial charge in [-0.15, -0.1) is 0 Å². The van der Waals surface area contributed by atoms with E-state index in [0.717, 1.165) is 6.92 Å². The van der Waals surface area contributed by atoms with Crippen LogP contribution in [0.3, 0.4) is 0 Å². The van der Waals surface area contributed by atoms with Crippen LogP contribution >= 0.6 is 12.6 Å². The van der Waals surface area contributed by atoms with Crippen molar-refractivity contribution in [3.05, 3.63) is 0 Å². The van der Waals surface area contributed by atoms with E-state index < -0.39 is 11.9 Å². The lowest BCUT2D eigenvalue weighted by atomic mass is 10.4. The molecule has 0 saturated heterocycles. The van der Waals surface area contributed by atoms with Crippen LogP contribution in [0.1, 0.15) is 13.8 Å². The van der Waals surface area contributed by atoms with Crippen molar-refractivity contribution < 1.29 is 13.2 Å². The van der Waals surface area contributed by atoms with Crippen LogP contribution < -0.4 is 5.43 Å². The number of hydrazone groups is 1. The van der Waals surface area contributed by atoms with Gasteiger partial charge in [0.2, 0.25) is 0 Å². The third-order valence-corrected chi connectivity index (χ3v) is 1.23. The Bertz CT molecular complexity index is 165. The molecule has 0 radical (unpaired) electrons. The van der Waals surface area contributed by atoms with Gasteiger partial charge in [0, 0.05) is 11.8 Å². The van der Waals surface area contributed by atoms with Gasteiger partial charge in [0.15, 0.2) is 0 Å². The lowest BCUT2D eigenvalue weighted by Crippen LogP contribution is -2.25. The number of thiol groups is 1. The van der Waals surface area contributed by atoms with Gasteiger partial charge < -0.3 is 5.43 Å². The van der Waals surface area contributed by atoms with Crippen molar-refractivity contribution in [2.45, 2.75) is 25.3 Å². The standard InChI is InChI=1S/C6H11F3N2S/c1-4(12)3-10-11-5(2)6(7,8)9/h4,10,12H,3H2,1-2H3/b11-5+. The first-order valence-electron chi connectivity index (χ1n) is 3.36. The minimum absolute atomic E-state index is 0.0187. The minimum Gasteiger partial charge on any atom is -0.309 e. The van der Waals surface area contributed by atoms with Crippen molar-refractivity contribution in [1.82, 2.24) is 5.43 Å². The molecule has 1 atom stereocenters. The second kappa shape index (κ2) is 4.59. The van der Waals surface area contributed by atoms with Gasteiger partial charge in [0.05, 0.1) is 0 Å². The molecule has 0 aromatic rings. The average Bonchev–Trinajstić information content (AvgIpc) is 1.84. The summed E-state index contributed by atoms with van der Waals surface area (Å²) in [6, 6.07) is 0. The van der Waals surface area contributed by atoms with Crippen molar-refractivity contribution in [3.8, 4) is 0 Å². The molecule has 72 valence electrons. The molecular formula is C6H11F3N2S. The molecule has 0 spiro atoms. The molecule has 6 heteroatoms. The molecule has 0 fully saturated rings. The molecule has 0 aromatic carbocycles. The molecule has 2 nitrogen and oxygen atoms in total. The van der Waals surface area contributed by atoms with Crippen LogP contribution in [0.4, 0.5) is 13.2 Å². The fourth-order valence-corrected chi connectivity index (χ4v) is 0.441. The van der Waals surface area contributed by atoms with Crippen molar-refractivity contribution in [3.63, 3.8) is 0 Å². The maximum absolute atomic E-state index is 11.8. The molecule has 0 heterocycles. The highest BCUT2D eigenvalue weighted by molar-refractivity contribution is 7.80. The molecule has 0 rings (SSSR count). The third-order valence-electron chi connectivity index (χ3n) is 1.04. The molecule has 1 unspecified atom stereocenters. The SMILES string of the molecule is C/C(=N\NCC(C)S)C(F)(F)F. The van der Waals surface area contributed by atoms with Crippen LogP contribution in [0, 0.1) is 0 Å². The first kappa shape index (κ1) is 11.6. The Morgan fingerprint density at radius 1 is 1.58 bits per heavy atom. The second-order valence-electron chi connectivity index (χ2n) is 2.41. The summed E-state index contributed by atoms with van der Waals surface area (Å²) in [7, 11) is 0. The number of hydrogen-bond acceptors (Lipinski definition) is 3. The number of nitrogens with zero attached hydrogens (tertiary/aromatic N) is 1. The van der Waals surface area contributed by atoms with Gasteiger partial charge >= 0.3 is 6.18 Å². The maximum atomic E-state index is 11.8. The van der Waals surface area contributed by atoms with Crippen LogP contribution in [0.5, 0.6) is 0 Å². The average molecular weight is 200 g/mol. The minimum atomic E-state index is -4.34. The Kier molecular flexibility index (Phi) is 4.44. The Hall–Kier alpha value is -0.390. The van der Waals surface area contributed by atoms with Crippen LogP contribution in [0.2, 0.25) is 0 Å². The number of halogens is 3. The number of rotatable bonds is 3. The topological polar surface area (TPSA) is 24.4 Å². The summed E-state index contributed by atoms with van der Waals surface area (Å²) in [6.45, 7) is 2.99. The van der Waals surface area contributed by atoms with Gasteiger partial charge in [-0.1, -0.05) is 6.92 Å². The predicted molar refractivity (Wildman–Crippen MR) is 45.6 cm³/mol. The molecular weight excluding hydrogens is 189 g/mol. The summed E-state index contributed by atoms with van der Waals surface area (Å²) >= 11 is 3.96. The number of nitrogens with one attached hydrogen (secondary N) is 1. The van der Waals surface area contributed by atoms with E-state index in [-0.39, 0.29) is 5.25 Å². The van der Waals surface area contributed by atoms with Crippen LogP contribution in [0.15, 0.2) is 5.10 Å². The highest BCUT2D eigenvalue weighted by Crippen LogP contribution is 2.16. The quantitative estimate of drug-likeness (QED) is 0.405. The van der Waals surface area contributed by atoms with E-state index in [0.29, 0.717) is 6.54 Å². The fraction of sp³-hybridized carbons (Fsp3) is 0.833. The molecule has 0 bridgehead atoms. The van der Waals surface area contributed by atoms with Gasteiger partial charge in [0.25, 0.3) is 0 Å².